The van der Waals surface area contributed by atoms with Crippen molar-refractivity contribution in [2.75, 3.05) is 14.1 Å². The van der Waals surface area contributed by atoms with E-state index in [9.17, 15) is 4.79 Å². The Morgan fingerprint density at radius 1 is 1.08 bits per heavy atom. The van der Waals surface area contributed by atoms with Gasteiger partial charge < -0.3 is 4.90 Å². The maximum absolute atomic E-state index is 12.2. The van der Waals surface area contributed by atoms with Crippen LogP contribution in [0.4, 0.5) is 0 Å². The fourth-order valence-electron chi connectivity index (χ4n) is 2.50. The van der Waals surface area contributed by atoms with Crippen molar-refractivity contribution in [3.63, 3.8) is 0 Å². The fraction of sp³-hybridized carbons (Fsp3) is 0.211. The van der Waals surface area contributed by atoms with Crippen LogP contribution in [0.3, 0.4) is 0 Å². The molecule has 0 spiro atoms. The number of rotatable bonds is 3. The number of benzene rings is 1. The van der Waals surface area contributed by atoms with E-state index >= 15 is 0 Å². The molecule has 3 aromatic rings. The molecule has 4 nitrogen and oxygen atoms in total. The standard InChI is InChI=1S/C19H19N3OS/c1-12-5-6-14(19(23)22(3)4)9-15(12)18-21-17(11-24-18)16-10-20-8-7-13(16)2/h5-11H,1-4H3. The lowest BCUT2D eigenvalue weighted by molar-refractivity contribution is 0.0827. The molecule has 1 amide bonds. The van der Waals surface area contributed by atoms with Crippen LogP contribution >= 0.6 is 11.3 Å². The molecule has 0 atom stereocenters. The van der Waals surface area contributed by atoms with Gasteiger partial charge in [0.2, 0.25) is 0 Å². The molecule has 0 radical (unpaired) electrons. The number of pyridine rings is 1. The molecular weight excluding hydrogens is 318 g/mol. The van der Waals surface area contributed by atoms with Gasteiger partial charge in [-0.05, 0) is 43.2 Å². The first-order valence-corrected chi connectivity index (χ1v) is 8.54. The van der Waals surface area contributed by atoms with Crippen molar-refractivity contribution in [1.29, 1.82) is 0 Å². The van der Waals surface area contributed by atoms with Crippen LogP contribution in [0.15, 0.2) is 42.0 Å². The van der Waals surface area contributed by atoms with Gasteiger partial charge in [0.05, 0.1) is 5.69 Å². The quantitative estimate of drug-likeness (QED) is 0.720. The lowest BCUT2D eigenvalue weighted by Gasteiger charge is -2.12. The monoisotopic (exact) mass is 337 g/mol. The van der Waals surface area contributed by atoms with Crippen LogP contribution < -0.4 is 0 Å². The second-order valence-corrected chi connectivity index (χ2v) is 6.82. The minimum atomic E-state index is -0.00358. The van der Waals surface area contributed by atoms with Crippen LogP contribution in [0.5, 0.6) is 0 Å². The molecule has 0 N–H and O–H groups in total. The van der Waals surface area contributed by atoms with Crippen LogP contribution in [-0.4, -0.2) is 34.9 Å². The molecule has 0 aliphatic heterocycles. The van der Waals surface area contributed by atoms with E-state index in [2.05, 4.69) is 11.9 Å². The molecule has 0 fully saturated rings. The number of amides is 1. The molecule has 2 heterocycles. The van der Waals surface area contributed by atoms with Gasteiger partial charge >= 0.3 is 0 Å². The second-order valence-electron chi connectivity index (χ2n) is 5.96. The molecule has 2 aromatic heterocycles. The smallest absolute Gasteiger partial charge is 0.253 e. The Bertz CT molecular complexity index is 899. The molecular formula is C19H19N3OS. The summed E-state index contributed by atoms with van der Waals surface area (Å²) in [6.45, 7) is 4.09. The van der Waals surface area contributed by atoms with Gasteiger partial charge in [0, 0.05) is 48.6 Å². The highest BCUT2D eigenvalue weighted by atomic mass is 32.1. The minimum absolute atomic E-state index is 0.00358. The highest BCUT2D eigenvalue weighted by Gasteiger charge is 2.14. The maximum Gasteiger partial charge on any atom is 0.253 e. The third-order valence-corrected chi connectivity index (χ3v) is 4.82. The van der Waals surface area contributed by atoms with E-state index < -0.39 is 0 Å². The molecule has 0 aliphatic carbocycles. The third-order valence-electron chi connectivity index (χ3n) is 3.94. The number of carbonyl (C=O) groups is 1. The lowest BCUT2D eigenvalue weighted by Crippen LogP contribution is -2.21. The first-order chi connectivity index (χ1) is 11.5. The Morgan fingerprint density at radius 3 is 2.54 bits per heavy atom. The van der Waals surface area contributed by atoms with Gasteiger partial charge in [-0.2, -0.15) is 0 Å². The van der Waals surface area contributed by atoms with Crippen LogP contribution in [0.2, 0.25) is 0 Å². The highest BCUT2D eigenvalue weighted by molar-refractivity contribution is 7.13. The molecule has 0 unspecified atom stereocenters. The summed E-state index contributed by atoms with van der Waals surface area (Å²) in [6.07, 6.45) is 3.62. The first kappa shape index (κ1) is 16.3. The van der Waals surface area contributed by atoms with E-state index in [1.165, 1.54) is 0 Å². The van der Waals surface area contributed by atoms with E-state index in [-0.39, 0.29) is 5.91 Å². The zero-order valence-corrected chi connectivity index (χ0v) is 15.0. The van der Waals surface area contributed by atoms with E-state index in [0.717, 1.165) is 33.0 Å². The minimum Gasteiger partial charge on any atom is -0.345 e. The number of hydrogen-bond acceptors (Lipinski definition) is 4. The number of thiazole rings is 1. The molecule has 0 aliphatic rings. The summed E-state index contributed by atoms with van der Waals surface area (Å²) >= 11 is 1.59. The molecule has 122 valence electrons. The normalized spacial score (nSPS) is 10.7. The van der Waals surface area contributed by atoms with Gasteiger partial charge in [-0.25, -0.2) is 4.98 Å². The summed E-state index contributed by atoms with van der Waals surface area (Å²) in [5.41, 5.74) is 5.89. The third kappa shape index (κ3) is 3.08. The predicted molar refractivity (Wildman–Crippen MR) is 98.3 cm³/mol. The van der Waals surface area contributed by atoms with Gasteiger partial charge in [0.25, 0.3) is 5.91 Å². The number of aromatic nitrogens is 2. The van der Waals surface area contributed by atoms with Crippen molar-refractivity contribution in [1.82, 2.24) is 14.9 Å². The number of hydrogen-bond donors (Lipinski definition) is 0. The van der Waals surface area contributed by atoms with Crippen LogP contribution in [0.25, 0.3) is 21.8 Å². The van der Waals surface area contributed by atoms with Crippen molar-refractivity contribution < 1.29 is 4.79 Å². The Hall–Kier alpha value is -2.53. The Morgan fingerprint density at radius 2 is 1.83 bits per heavy atom. The molecule has 1 aromatic carbocycles. The lowest BCUT2D eigenvalue weighted by atomic mass is 10.0. The SMILES string of the molecule is Cc1ccncc1-c1csc(-c2cc(C(=O)N(C)C)ccc2C)n1. The predicted octanol–water partition coefficient (Wildman–Crippen LogP) is 4.19. The molecule has 0 saturated carbocycles. The van der Waals surface area contributed by atoms with Gasteiger partial charge in [0.15, 0.2) is 0 Å². The number of carbonyl (C=O) groups excluding carboxylic acids is 1. The van der Waals surface area contributed by atoms with Crippen molar-refractivity contribution in [3.05, 3.63) is 58.7 Å². The Labute approximate surface area is 145 Å². The largest absolute Gasteiger partial charge is 0.345 e. The summed E-state index contributed by atoms with van der Waals surface area (Å²) in [4.78, 5) is 22.8. The van der Waals surface area contributed by atoms with Crippen LogP contribution in [0, 0.1) is 13.8 Å². The van der Waals surface area contributed by atoms with Gasteiger partial charge in [-0.3, -0.25) is 9.78 Å². The van der Waals surface area contributed by atoms with Gasteiger partial charge in [-0.15, -0.1) is 11.3 Å². The number of aryl methyl sites for hydroxylation is 2. The summed E-state index contributed by atoms with van der Waals surface area (Å²) in [6, 6.07) is 7.75. The van der Waals surface area contributed by atoms with Crippen molar-refractivity contribution >= 4 is 17.2 Å². The van der Waals surface area contributed by atoms with E-state index in [0.29, 0.717) is 5.56 Å². The van der Waals surface area contributed by atoms with Gasteiger partial charge in [0.1, 0.15) is 5.01 Å². The molecule has 5 heteroatoms. The zero-order valence-electron chi connectivity index (χ0n) is 14.2. The van der Waals surface area contributed by atoms with Crippen molar-refractivity contribution in [2.24, 2.45) is 0 Å². The van der Waals surface area contributed by atoms with Crippen LogP contribution in [0.1, 0.15) is 21.5 Å². The summed E-state index contributed by atoms with van der Waals surface area (Å²) < 4.78 is 0. The molecule has 24 heavy (non-hydrogen) atoms. The topological polar surface area (TPSA) is 46.1 Å². The molecule has 3 rings (SSSR count). The Kier molecular flexibility index (Phi) is 4.44. The summed E-state index contributed by atoms with van der Waals surface area (Å²) in [5, 5.41) is 2.96. The summed E-state index contributed by atoms with van der Waals surface area (Å²) in [5.74, 6) is -0.00358. The number of nitrogens with zero attached hydrogens (tertiary/aromatic N) is 3. The summed E-state index contributed by atoms with van der Waals surface area (Å²) in [7, 11) is 3.52. The van der Waals surface area contributed by atoms with E-state index in [1.54, 1.807) is 36.5 Å². The second kappa shape index (κ2) is 6.53. The molecule has 0 saturated heterocycles. The average molecular weight is 337 g/mol. The van der Waals surface area contributed by atoms with Crippen molar-refractivity contribution in [2.45, 2.75) is 13.8 Å². The average Bonchev–Trinajstić information content (AvgIpc) is 3.04. The van der Waals surface area contributed by atoms with Gasteiger partial charge in [-0.1, -0.05) is 6.07 Å². The first-order valence-electron chi connectivity index (χ1n) is 7.66. The van der Waals surface area contributed by atoms with E-state index in [4.69, 9.17) is 4.98 Å². The fourth-order valence-corrected chi connectivity index (χ4v) is 3.40. The zero-order chi connectivity index (χ0) is 17.3. The highest BCUT2D eigenvalue weighted by Crippen LogP contribution is 2.32. The Balaban J connectivity index is 2.03. The van der Waals surface area contributed by atoms with Crippen LogP contribution in [-0.2, 0) is 0 Å². The maximum atomic E-state index is 12.2. The van der Waals surface area contributed by atoms with E-state index in [1.807, 2.05) is 42.8 Å². The van der Waals surface area contributed by atoms with Crippen molar-refractivity contribution in [3.8, 4) is 21.8 Å². The molecule has 0 bridgehead atoms.